The Morgan fingerprint density at radius 2 is 1.89 bits per heavy atom. The van der Waals surface area contributed by atoms with E-state index < -0.39 is 0 Å². The van der Waals surface area contributed by atoms with Crippen LogP contribution in [-0.4, -0.2) is 22.2 Å². The van der Waals surface area contributed by atoms with Crippen molar-refractivity contribution in [3.05, 3.63) is 11.7 Å². The van der Waals surface area contributed by atoms with Gasteiger partial charge in [-0.25, -0.2) is 0 Å². The SMILES string of the molecule is CC(C)(C)c1noc(CC2CC3CCC(C2)N3)n1. The second-order valence-electron chi connectivity index (χ2n) is 6.94. The lowest BCUT2D eigenvalue weighted by atomic mass is 9.89. The Labute approximate surface area is 109 Å². The van der Waals surface area contributed by atoms with Crippen molar-refractivity contribution >= 4 is 0 Å². The summed E-state index contributed by atoms with van der Waals surface area (Å²) in [4.78, 5) is 4.55. The second-order valence-corrected chi connectivity index (χ2v) is 6.94. The Morgan fingerprint density at radius 3 is 2.44 bits per heavy atom. The van der Waals surface area contributed by atoms with Gasteiger partial charge in [-0.15, -0.1) is 0 Å². The van der Waals surface area contributed by atoms with Gasteiger partial charge >= 0.3 is 0 Å². The van der Waals surface area contributed by atoms with Gasteiger partial charge in [-0.1, -0.05) is 25.9 Å². The number of aromatic nitrogens is 2. The van der Waals surface area contributed by atoms with Gasteiger partial charge < -0.3 is 9.84 Å². The minimum absolute atomic E-state index is 0.0190. The maximum Gasteiger partial charge on any atom is 0.226 e. The molecule has 2 fully saturated rings. The van der Waals surface area contributed by atoms with Gasteiger partial charge in [-0.3, -0.25) is 0 Å². The molecular weight excluding hydrogens is 226 g/mol. The molecule has 4 nitrogen and oxygen atoms in total. The number of nitrogens with zero attached hydrogens (tertiary/aromatic N) is 2. The van der Waals surface area contributed by atoms with E-state index in [0.717, 1.165) is 36.1 Å². The molecule has 2 bridgehead atoms. The highest BCUT2D eigenvalue weighted by Gasteiger charge is 2.34. The first-order valence-corrected chi connectivity index (χ1v) is 7.10. The van der Waals surface area contributed by atoms with E-state index in [-0.39, 0.29) is 5.41 Å². The predicted molar refractivity (Wildman–Crippen MR) is 69.4 cm³/mol. The number of rotatable bonds is 2. The first-order chi connectivity index (χ1) is 8.50. The quantitative estimate of drug-likeness (QED) is 0.874. The van der Waals surface area contributed by atoms with Crippen LogP contribution >= 0.6 is 0 Å². The van der Waals surface area contributed by atoms with E-state index in [0.29, 0.717) is 0 Å². The van der Waals surface area contributed by atoms with Gasteiger partial charge in [0.2, 0.25) is 5.89 Å². The summed E-state index contributed by atoms with van der Waals surface area (Å²) < 4.78 is 5.40. The third-order valence-electron chi connectivity index (χ3n) is 4.17. The van der Waals surface area contributed by atoms with Crippen LogP contribution < -0.4 is 5.32 Å². The Bertz CT molecular complexity index is 409. The van der Waals surface area contributed by atoms with Crippen molar-refractivity contribution in [2.24, 2.45) is 5.92 Å². The number of piperidine rings is 1. The zero-order valence-electron chi connectivity index (χ0n) is 11.6. The molecule has 0 aliphatic carbocycles. The smallest absolute Gasteiger partial charge is 0.226 e. The average Bonchev–Trinajstić information content (AvgIpc) is 2.85. The van der Waals surface area contributed by atoms with Gasteiger partial charge in [0, 0.05) is 23.9 Å². The van der Waals surface area contributed by atoms with E-state index in [1.807, 2.05) is 0 Å². The van der Waals surface area contributed by atoms with Crippen molar-refractivity contribution < 1.29 is 4.52 Å². The summed E-state index contributed by atoms with van der Waals surface area (Å²) in [6.45, 7) is 6.35. The fourth-order valence-corrected chi connectivity index (χ4v) is 3.23. The van der Waals surface area contributed by atoms with Crippen LogP contribution in [0.4, 0.5) is 0 Å². The van der Waals surface area contributed by atoms with Crippen LogP contribution in [0, 0.1) is 5.92 Å². The van der Waals surface area contributed by atoms with Gasteiger partial charge in [0.15, 0.2) is 5.82 Å². The first-order valence-electron chi connectivity index (χ1n) is 7.10. The second kappa shape index (κ2) is 4.34. The molecule has 0 amide bonds. The zero-order valence-corrected chi connectivity index (χ0v) is 11.6. The lowest BCUT2D eigenvalue weighted by Gasteiger charge is -2.28. The third-order valence-corrected chi connectivity index (χ3v) is 4.17. The summed E-state index contributed by atoms with van der Waals surface area (Å²) in [6, 6.07) is 1.47. The van der Waals surface area contributed by atoms with E-state index in [9.17, 15) is 0 Å². The van der Waals surface area contributed by atoms with Crippen molar-refractivity contribution in [3.63, 3.8) is 0 Å². The largest absolute Gasteiger partial charge is 0.339 e. The molecule has 2 saturated heterocycles. The lowest BCUT2D eigenvalue weighted by molar-refractivity contribution is 0.269. The van der Waals surface area contributed by atoms with Crippen molar-refractivity contribution in [2.75, 3.05) is 0 Å². The summed E-state index contributed by atoms with van der Waals surface area (Å²) in [5.74, 6) is 2.37. The number of nitrogens with one attached hydrogen (secondary N) is 1. The first kappa shape index (κ1) is 12.2. The van der Waals surface area contributed by atoms with Crippen LogP contribution in [-0.2, 0) is 11.8 Å². The standard InChI is InChI=1S/C14H23N3O/c1-14(2,3)13-16-12(18-17-13)8-9-6-10-4-5-11(7-9)15-10/h9-11,15H,4-8H2,1-3H3. The monoisotopic (exact) mass is 249 g/mol. The van der Waals surface area contributed by atoms with Crippen LogP contribution in [0.2, 0.25) is 0 Å². The number of hydrogen-bond acceptors (Lipinski definition) is 4. The van der Waals surface area contributed by atoms with Crippen LogP contribution in [0.15, 0.2) is 4.52 Å². The van der Waals surface area contributed by atoms with Crippen LogP contribution in [0.25, 0.3) is 0 Å². The number of fused-ring (bicyclic) bond motifs is 2. The van der Waals surface area contributed by atoms with Crippen molar-refractivity contribution in [1.82, 2.24) is 15.5 Å². The molecule has 3 rings (SSSR count). The maximum absolute atomic E-state index is 5.40. The topological polar surface area (TPSA) is 51.0 Å². The number of hydrogen-bond donors (Lipinski definition) is 1. The fourth-order valence-electron chi connectivity index (χ4n) is 3.23. The van der Waals surface area contributed by atoms with Crippen molar-refractivity contribution in [1.29, 1.82) is 0 Å². The molecule has 2 aliphatic rings. The van der Waals surface area contributed by atoms with Crippen molar-refractivity contribution in [2.45, 2.75) is 70.4 Å². The minimum Gasteiger partial charge on any atom is -0.339 e. The Balaban J connectivity index is 1.64. The average molecular weight is 249 g/mol. The molecule has 2 aliphatic heterocycles. The van der Waals surface area contributed by atoms with Gasteiger partial charge in [-0.2, -0.15) is 4.98 Å². The Kier molecular flexibility index (Phi) is 2.93. The molecule has 4 heteroatoms. The van der Waals surface area contributed by atoms with E-state index in [1.165, 1.54) is 25.7 Å². The van der Waals surface area contributed by atoms with Crippen molar-refractivity contribution in [3.8, 4) is 0 Å². The lowest BCUT2D eigenvalue weighted by Crippen LogP contribution is -2.38. The minimum atomic E-state index is -0.0190. The fraction of sp³-hybridized carbons (Fsp3) is 0.857. The van der Waals surface area contributed by atoms with Crippen LogP contribution in [0.5, 0.6) is 0 Å². The highest BCUT2D eigenvalue weighted by Crippen LogP contribution is 2.32. The predicted octanol–water partition coefficient (Wildman–Crippen LogP) is 2.44. The maximum atomic E-state index is 5.40. The molecule has 18 heavy (non-hydrogen) atoms. The van der Waals surface area contributed by atoms with Gasteiger partial charge in [0.25, 0.3) is 0 Å². The molecule has 1 aromatic rings. The summed E-state index contributed by atoms with van der Waals surface area (Å²) in [6.07, 6.45) is 6.18. The van der Waals surface area contributed by atoms with Gasteiger partial charge in [0.1, 0.15) is 0 Å². The zero-order chi connectivity index (χ0) is 12.8. The summed E-state index contributed by atoms with van der Waals surface area (Å²) in [5, 5.41) is 7.77. The molecule has 0 radical (unpaired) electrons. The molecule has 0 aromatic carbocycles. The summed E-state index contributed by atoms with van der Waals surface area (Å²) in [5.41, 5.74) is -0.0190. The molecule has 3 heterocycles. The molecule has 100 valence electrons. The summed E-state index contributed by atoms with van der Waals surface area (Å²) >= 11 is 0. The molecule has 2 atom stereocenters. The van der Waals surface area contributed by atoms with E-state index in [4.69, 9.17) is 4.52 Å². The normalized spacial score (nSPS) is 31.8. The molecule has 1 aromatic heterocycles. The molecule has 1 N–H and O–H groups in total. The van der Waals surface area contributed by atoms with Crippen LogP contribution in [0.1, 0.15) is 58.2 Å². The van der Waals surface area contributed by atoms with Gasteiger partial charge in [0.05, 0.1) is 0 Å². The van der Waals surface area contributed by atoms with E-state index in [1.54, 1.807) is 0 Å². The van der Waals surface area contributed by atoms with E-state index >= 15 is 0 Å². The van der Waals surface area contributed by atoms with Gasteiger partial charge in [-0.05, 0) is 31.6 Å². The highest BCUT2D eigenvalue weighted by atomic mass is 16.5. The molecule has 2 unspecified atom stereocenters. The van der Waals surface area contributed by atoms with E-state index in [2.05, 4.69) is 36.2 Å². The molecule has 0 saturated carbocycles. The Morgan fingerprint density at radius 1 is 1.22 bits per heavy atom. The molecular formula is C14H23N3O. The van der Waals surface area contributed by atoms with Crippen LogP contribution in [0.3, 0.4) is 0 Å². The highest BCUT2D eigenvalue weighted by molar-refractivity contribution is 5.01. The summed E-state index contributed by atoms with van der Waals surface area (Å²) in [7, 11) is 0. The Hall–Kier alpha value is -0.900. The third kappa shape index (κ3) is 2.44. The molecule has 0 spiro atoms.